The van der Waals surface area contributed by atoms with E-state index in [0.717, 1.165) is 0 Å². The molecule has 98 valence electrons. The van der Waals surface area contributed by atoms with E-state index < -0.39 is 11.9 Å². The number of rotatable bonds is 2. The lowest BCUT2D eigenvalue weighted by Gasteiger charge is -2.06. The molecule has 1 heterocycles. The second-order valence-electron chi connectivity index (χ2n) is 3.47. The van der Waals surface area contributed by atoms with Crippen LogP contribution in [-0.4, -0.2) is 21.9 Å². The van der Waals surface area contributed by atoms with Crippen LogP contribution in [0.2, 0.25) is 10.0 Å². The predicted molar refractivity (Wildman–Crippen MR) is 71.5 cm³/mol. The minimum absolute atomic E-state index is 0.153. The fraction of sp³-hybridized carbons (Fsp3) is 0. The number of nitrogens with zero attached hydrogens (tertiary/aromatic N) is 1. The number of aromatic nitrogens is 2. The van der Waals surface area contributed by atoms with E-state index in [-0.39, 0.29) is 16.5 Å². The lowest BCUT2D eigenvalue weighted by atomic mass is 10.2. The van der Waals surface area contributed by atoms with Gasteiger partial charge in [0.2, 0.25) is 5.95 Å². The number of hydrogen-bond acceptors (Lipinski definition) is 3. The first-order chi connectivity index (χ1) is 9.06. The van der Waals surface area contributed by atoms with Gasteiger partial charge in [-0.15, -0.1) is 0 Å². The van der Waals surface area contributed by atoms with Crippen LogP contribution in [0.4, 0.5) is 10.7 Å². The summed E-state index contributed by atoms with van der Waals surface area (Å²) in [5, 5.41) is 5.03. The maximum Gasteiger partial charge on any atom is 0.328 e. The third-order valence-corrected chi connectivity index (χ3v) is 2.68. The van der Waals surface area contributed by atoms with E-state index in [1.807, 2.05) is 0 Å². The molecule has 8 heteroatoms. The summed E-state index contributed by atoms with van der Waals surface area (Å²) in [5.41, 5.74) is 0.153. The number of benzene rings is 1. The third-order valence-electron chi connectivity index (χ3n) is 2.13. The number of amides is 3. The number of nitrogens with one attached hydrogen (secondary N) is 3. The first kappa shape index (κ1) is 13.4. The number of H-pyrrole nitrogens is 1. The van der Waals surface area contributed by atoms with Crippen LogP contribution < -0.4 is 10.6 Å². The minimum Gasteiger partial charge on any atom is -0.331 e. The van der Waals surface area contributed by atoms with Gasteiger partial charge in [0.25, 0.3) is 5.91 Å². The summed E-state index contributed by atoms with van der Waals surface area (Å²) < 4.78 is 0. The van der Waals surface area contributed by atoms with Gasteiger partial charge in [0.1, 0.15) is 0 Å². The summed E-state index contributed by atoms with van der Waals surface area (Å²) in [6, 6.07) is 3.64. The van der Waals surface area contributed by atoms with Crippen molar-refractivity contribution >= 4 is 41.1 Å². The quantitative estimate of drug-likeness (QED) is 0.796. The molecule has 0 aliphatic heterocycles. The van der Waals surface area contributed by atoms with Crippen molar-refractivity contribution in [1.82, 2.24) is 15.3 Å². The van der Waals surface area contributed by atoms with Gasteiger partial charge in [-0.2, -0.15) is 0 Å². The minimum atomic E-state index is -0.717. The lowest BCUT2D eigenvalue weighted by molar-refractivity contribution is 0.0967. The lowest BCUT2D eigenvalue weighted by Crippen LogP contribution is -2.34. The fourth-order valence-electron chi connectivity index (χ4n) is 1.32. The van der Waals surface area contributed by atoms with Crippen LogP contribution in [0.15, 0.2) is 30.6 Å². The first-order valence-corrected chi connectivity index (χ1v) is 5.88. The van der Waals surface area contributed by atoms with E-state index in [9.17, 15) is 9.59 Å². The van der Waals surface area contributed by atoms with Crippen molar-refractivity contribution in [2.24, 2.45) is 0 Å². The van der Waals surface area contributed by atoms with Crippen molar-refractivity contribution in [3.63, 3.8) is 0 Å². The van der Waals surface area contributed by atoms with E-state index in [4.69, 9.17) is 23.2 Å². The molecule has 19 heavy (non-hydrogen) atoms. The molecule has 0 aliphatic carbocycles. The summed E-state index contributed by atoms with van der Waals surface area (Å²) in [6.45, 7) is 0. The van der Waals surface area contributed by atoms with Crippen molar-refractivity contribution < 1.29 is 9.59 Å². The Morgan fingerprint density at radius 2 is 2.05 bits per heavy atom. The zero-order chi connectivity index (χ0) is 13.8. The molecule has 0 unspecified atom stereocenters. The van der Waals surface area contributed by atoms with Crippen LogP contribution >= 0.6 is 23.2 Å². The highest BCUT2D eigenvalue weighted by molar-refractivity contribution is 6.37. The van der Waals surface area contributed by atoms with E-state index in [2.05, 4.69) is 20.6 Å². The van der Waals surface area contributed by atoms with Gasteiger partial charge in [-0.25, -0.2) is 9.78 Å². The zero-order valence-electron chi connectivity index (χ0n) is 9.41. The van der Waals surface area contributed by atoms with Crippen LogP contribution in [-0.2, 0) is 0 Å². The summed E-state index contributed by atoms with van der Waals surface area (Å²) in [4.78, 5) is 29.7. The van der Waals surface area contributed by atoms with Gasteiger partial charge < -0.3 is 4.98 Å². The van der Waals surface area contributed by atoms with Crippen molar-refractivity contribution in [3.05, 3.63) is 46.2 Å². The van der Waals surface area contributed by atoms with E-state index in [0.29, 0.717) is 5.02 Å². The van der Waals surface area contributed by atoms with Gasteiger partial charge in [-0.1, -0.05) is 23.2 Å². The molecule has 0 saturated carbocycles. The number of hydrogen-bond donors (Lipinski definition) is 3. The number of anilines is 1. The molecule has 0 spiro atoms. The van der Waals surface area contributed by atoms with Gasteiger partial charge in [0.05, 0.1) is 10.6 Å². The maximum atomic E-state index is 11.8. The standard InChI is InChI=1S/C11H8Cl2N4O2/c12-6-1-2-7(8(13)5-6)9(18)16-11(19)17-10-14-3-4-15-10/h1-5H,(H3,14,15,16,17,18,19). The molecule has 2 rings (SSSR count). The zero-order valence-corrected chi connectivity index (χ0v) is 10.9. The summed E-state index contributed by atoms with van der Waals surface area (Å²) in [7, 11) is 0. The van der Waals surface area contributed by atoms with Gasteiger partial charge in [0.15, 0.2) is 0 Å². The number of carbonyl (C=O) groups excluding carboxylic acids is 2. The SMILES string of the molecule is O=C(NC(=O)c1ccc(Cl)cc1Cl)Nc1ncc[nH]1. The molecular weight excluding hydrogens is 291 g/mol. The number of urea groups is 1. The average molecular weight is 299 g/mol. The highest BCUT2D eigenvalue weighted by atomic mass is 35.5. The Hall–Kier alpha value is -2.05. The Morgan fingerprint density at radius 3 is 2.68 bits per heavy atom. The van der Waals surface area contributed by atoms with Crippen molar-refractivity contribution in [2.75, 3.05) is 5.32 Å². The summed E-state index contributed by atoms with van der Waals surface area (Å²) >= 11 is 11.6. The van der Waals surface area contributed by atoms with Crippen molar-refractivity contribution in [2.45, 2.75) is 0 Å². The third kappa shape index (κ3) is 3.46. The second-order valence-corrected chi connectivity index (χ2v) is 4.31. The summed E-state index contributed by atoms with van der Waals surface area (Å²) in [6.07, 6.45) is 3.00. The molecule has 0 fully saturated rings. The fourth-order valence-corrected chi connectivity index (χ4v) is 1.81. The first-order valence-electron chi connectivity index (χ1n) is 5.13. The molecule has 6 nitrogen and oxygen atoms in total. The maximum absolute atomic E-state index is 11.8. The van der Waals surface area contributed by atoms with E-state index in [1.54, 1.807) is 0 Å². The van der Waals surface area contributed by atoms with E-state index >= 15 is 0 Å². The highest BCUT2D eigenvalue weighted by Gasteiger charge is 2.14. The molecule has 0 bridgehead atoms. The molecular formula is C11H8Cl2N4O2. The molecule has 0 aliphatic rings. The van der Waals surface area contributed by atoms with Crippen LogP contribution in [0.1, 0.15) is 10.4 Å². The monoisotopic (exact) mass is 298 g/mol. The number of imidazole rings is 1. The molecule has 0 atom stereocenters. The Balaban J connectivity index is 2.02. The van der Waals surface area contributed by atoms with Crippen molar-refractivity contribution in [1.29, 1.82) is 0 Å². The van der Waals surface area contributed by atoms with E-state index in [1.165, 1.54) is 30.6 Å². The van der Waals surface area contributed by atoms with Crippen LogP contribution in [0.25, 0.3) is 0 Å². The van der Waals surface area contributed by atoms with Crippen LogP contribution in [0.5, 0.6) is 0 Å². The largest absolute Gasteiger partial charge is 0.331 e. The molecule has 0 saturated heterocycles. The molecule has 1 aromatic carbocycles. The van der Waals surface area contributed by atoms with Gasteiger partial charge in [0, 0.05) is 17.4 Å². The number of imide groups is 1. The molecule has 2 aromatic rings. The average Bonchev–Trinajstić information content (AvgIpc) is 2.81. The topological polar surface area (TPSA) is 86.9 Å². The summed E-state index contributed by atoms with van der Waals surface area (Å²) in [5.74, 6) is -0.404. The number of aromatic amines is 1. The Morgan fingerprint density at radius 1 is 1.26 bits per heavy atom. The van der Waals surface area contributed by atoms with Gasteiger partial charge in [-0.05, 0) is 18.2 Å². The predicted octanol–water partition coefficient (Wildman–Crippen LogP) is 2.68. The van der Waals surface area contributed by atoms with Crippen LogP contribution in [0, 0.1) is 0 Å². The molecule has 3 amide bonds. The Labute approximate surface area is 118 Å². The van der Waals surface area contributed by atoms with Crippen molar-refractivity contribution in [3.8, 4) is 0 Å². The van der Waals surface area contributed by atoms with Gasteiger partial charge >= 0.3 is 6.03 Å². The number of halogens is 2. The normalized spacial score (nSPS) is 10.0. The number of carbonyl (C=O) groups is 2. The Bertz CT molecular complexity index is 613. The highest BCUT2D eigenvalue weighted by Crippen LogP contribution is 2.20. The Kier molecular flexibility index (Phi) is 4.03. The molecule has 3 N–H and O–H groups in total. The van der Waals surface area contributed by atoms with Gasteiger partial charge in [-0.3, -0.25) is 15.4 Å². The smallest absolute Gasteiger partial charge is 0.328 e. The molecule has 1 aromatic heterocycles. The van der Waals surface area contributed by atoms with Crippen LogP contribution in [0.3, 0.4) is 0 Å². The second kappa shape index (κ2) is 5.73. The molecule has 0 radical (unpaired) electrons.